The maximum Gasteiger partial charge on any atom is 0.130 e. The van der Waals surface area contributed by atoms with Gasteiger partial charge in [0.1, 0.15) is 11.5 Å². The third-order valence-corrected chi connectivity index (χ3v) is 4.27. The summed E-state index contributed by atoms with van der Waals surface area (Å²) in [6.07, 6.45) is 6.33. The number of nitrogens with zero attached hydrogens (tertiary/aromatic N) is 1. The van der Waals surface area contributed by atoms with Gasteiger partial charge in [-0.3, -0.25) is 4.98 Å². The zero-order valence-electron chi connectivity index (χ0n) is 12.4. The Hall–Kier alpha value is -1.81. The van der Waals surface area contributed by atoms with Gasteiger partial charge in [-0.1, -0.05) is 0 Å². The van der Waals surface area contributed by atoms with Crippen LogP contribution in [0, 0.1) is 5.92 Å². The van der Waals surface area contributed by atoms with E-state index in [0.29, 0.717) is 12.0 Å². The van der Waals surface area contributed by atoms with Crippen LogP contribution in [0.4, 0.5) is 0 Å². The standard InChI is InChI=1S/C17H22N2O2/c1-20-14-6-7-16-15(10-14)17(8-9-19-16)21-11-12-2-4-13(18)5-3-12/h6-10,12-13H,2-5,11,18H2,1H3/t12-,13-. The highest BCUT2D eigenvalue weighted by Crippen LogP contribution is 2.29. The molecule has 1 fully saturated rings. The summed E-state index contributed by atoms with van der Waals surface area (Å²) in [5.74, 6) is 2.32. The predicted molar refractivity (Wildman–Crippen MR) is 83.7 cm³/mol. The minimum atomic E-state index is 0.382. The third-order valence-electron chi connectivity index (χ3n) is 4.27. The molecule has 0 spiro atoms. The Labute approximate surface area is 125 Å². The normalized spacial score (nSPS) is 22.2. The maximum atomic E-state index is 6.06. The molecule has 1 saturated carbocycles. The molecule has 2 aromatic rings. The first-order valence-electron chi connectivity index (χ1n) is 7.57. The van der Waals surface area contributed by atoms with Gasteiger partial charge in [-0.25, -0.2) is 0 Å². The lowest BCUT2D eigenvalue weighted by atomic mass is 9.87. The fourth-order valence-electron chi connectivity index (χ4n) is 2.92. The first-order valence-corrected chi connectivity index (χ1v) is 7.57. The number of hydrogen-bond donors (Lipinski definition) is 1. The van der Waals surface area contributed by atoms with Crippen LogP contribution < -0.4 is 15.2 Å². The zero-order chi connectivity index (χ0) is 14.7. The third kappa shape index (κ3) is 3.27. The molecule has 0 aliphatic heterocycles. The molecule has 1 aromatic carbocycles. The number of rotatable bonds is 4. The van der Waals surface area contributed by atoms with Crippen LogP contribution in [0.3, 0.4) is 0 Å². The second-order valence-electron chi connectivity index (χ2n) is 5.78. The fourth-order valence-corrected chi connectivity index (χ4v) is 2.92. The first-order chi connectivity index (χ1) is 10.3. The van der Waals surface area contributed by atoms with Gasteiger partial charge in [-0.05, 0) is 55.9 Å². The van der Waals surface area contributed by atoms with Crippen molar-refractivity contribution in [2.45, 2.75) is 31.7 Å². The van der Waals surface area contributed by atoms with Gasteiger partial charge in [-0.15, -0.1) is 0 Å². The summed E-state index contributed by atoms with van der Waals surface area (Å²) in [6, 6.07) is 8.17. The monoisotopic (exact) mass is 286 g/mol. The summed E-state index contributed by atoms with van der Waals surface area (Å²) in [5.41, 5.74) is 6.88. The van der Waals surface area contributed by atoms with E-state index < -0.39 is 0 Å². The lowest BCUT2D eigenvalue weighted by Crippen LogP contribution is -2.28. The molecule has 1 heterocycles. The summed E-state index contributed by atoms with van der Waals surface area (Å²) < 4.78 is 11.3. The van der Waals surface area contributed by atoms with Crippen LogP contribution in [0.5, 0.6) is 11.5 Å². The summed E-state index contributed by atoms with van der Waals surface area (Å²) in [4.78, 5) is 4.37. The molecule has 4 heteroatoms. The second kappa shape index (κ2) is 6.31. The Morgan fingerprint density at radius 2 is 2.00 bits per heavy atom. The number of pyridine rings is 1. The maximum absolute atomic E-state index is 6.06. The number of fused-ring (bicyclic) bond motifs is 1. The van der Waals surface area contributed by atoms with Crippen LogP contribution in [0.1, 0.15) is 25.7 Å². The number of hydrogen-bond acceptors (Lipinski definition) is 4. The highest BCUT2D eigenvalue weighted by Gasteiger charge is 2.19. The predicted octanol–water partition coefficient (Wildman–Crippen LogP) is 3.14. The SMILES string of the molecule is COc1ccc2nccc(OC[C@H]3CC[C@H](N)CC3)c2c1. The summed E-state index contributed by atoms with van der Waals surface area (Å²) in [5, 5.41) is 1.00. The largest absolute Gasteiger partial charge is 0.497 e. The van der Waals surface area contributed by atoms with Crippen molar-refractivity contribution < 1.29 is 9.47 Å². The van der Waals surface area contributed by atoms with Crippen molar-refractivity contribution in [3.8, 4) is 11.5 Å². The van der Waals surface area contributed by atoms with Gasteiger partial charge in [0.25, 0.3) is 0 Å². The Morgan fingerprint density at radius 1 is 1.19 bits per heavy atom. The van der Waals surface area contributed by atoms with Gasteiger partial charge in [-0.2, -0.15) is 0 Å². The fraction of sp³-hybridized carbons (Fsp3) is 0.471. The van der Waals surface area contributed by atoms with Crippen molar-refractivity contribution in [1.82, 2.24) is 4.98 Å². The molecule has 0 bridgehead atoms. The van der Waals surface area contributed by atoms with Gasteiger partial charge in [0.15, 0.2) is 0 Å². The number of aromatic nitrogens is 1. The van der Waals surface area contributed by atoms with Gasteiger partial charge in [0.05, 0.1) is 19.2 Å². The van der Waals surface area contributed by atoms with Crippen molar-refractivity contribution in [1.29, 1.82) is 0 Å². The highest BCUT2D eigenvalue weighted by atomic mass is 16.5. The van der Waals surface area contributed by atoms with Crippen LogP contribution in [0.15, 0.2) is 30.5 Å². The Bertz CT molecular complexity index is 607. The van der Waals surface area contributed by atoms with Crippen molar-refractivity contribution in [2.24, 2.45) is 11.7 Å². The average molecular weight is 286 g/mol. The van der Waals surface area contributed by atoms with Crippen LogP contribution in [-0.2, 0) is 0 Å². The molecular weight excluding hydrogens is 264 g/mol. The summed E-state index contributed by atoms with van der Waals surface area (Å²) in [6.45, 7) is 0.753. The van der Waals surface area contributed by atoms with E-state index in [4.69, 9.17) is 15.2 Å². The van der Waals surface area contributed by atoms with Crippen molar-refractivity contribution in [2.75, 3.05) is 13.7 Å². The molecule has 0 saturated heterocycles. The number of methoxy groups -OCH3 is 1. The molecule has 0 atom stereocenters. The molecule has 2 N–H and O–H groups in total. The average Bonchev–Trinajstić information content (AvgIpc) is 2.54. The lowest BCUT2D eigenvalue weighted by Gasteiger charge is -2.26. The number of nitrogens with two attached hydrogens (primary N) is 1. The van der Waals surface area contributed by atoms with Crippen molar-refractivity contribution in [3.05, 3.63) is 30.5 Å². The molecule has 21 heavy (non-hydrogen) atoms. The Morgan fingerprint density at radius 3 is 2.76 bits per heavy atom. The van der Waals surface area contributed by atoms with Gasteiger partial charge >= 0.3 is 0 Å². The van der Waals surface area contributed by atoms with E-state index in [1.807, 2.05) is 24.3 Å². The van der Waals surface area contributed by atoms with Gasteiger partial charge in [0.2, 0.25) is 0 Å². The van der Waals surface area contributed by atoms with E-state index >= 15 is 0 Å². The van der Waals surface area contributed by atoms with E-state index in [2.05, 4.69) is 4.98 Å². The topological polar surface area (TPSA) is 57.4 Å². The van der Waals surface area contributed by atoms with E-state index in [9.17, 15) is 0 Å². The van der Waals surface area contributed by atoms with Crippen molar-refractivity contribution in [3.63, 3.8) is 0 Å². The zero-order valence-corrected chi connectivity index (χ0v) is 12.4. The van der Waals surface area contributed by atoms with Crippen molar-refractivity contribution >= 4 is 10.9 Å². The van der Waals surface area contributed by atoms with E-state index in [1.165, 1.54) is 0 Å². The van der Waals surface area contributed by atoms with Crippen LogP contribution in [0.25, 0.3) is 10.9 Å². The Kier molecular flexibility index (Phi) is 4.25. The minimum Gasteiger partial charge on any atom is -0.497 e. The van der Waals surface area contributed by atoms with Gasteiger partial charge < -0.3 is 15.2 Å². The molecule has 112 valence electrons. The number of ether oxygens (including phenoxy) is 2. The van der Waals surface area contributed by atoms with Crippen LogP contribution >= 0.6 is 0 Å². The summed E-state index contributed by atoms with van der Waals surface area (Å²) >= 11 is 0. The molecule has 1 aromatic heterocycles. The first kappa shape index (κ1) is 14.1. The molecule has 0 unspecified atom stereocenters. The molecule has 0 amide bonds. The minimum absolute atomic E-state index is 0.382. The molecular formula is C17H22N2O2. The highest BCUT2D eigenvalue weighted by molar-refractivity contribution is 5.86. The smallest absolute Gasteiger partial charge is 0.130 e. The molecule has 4 nitrogen and oxygen atoms in total. The Balaban J connectivity index is 1.74. The lowest BCUT2D eigenvalue weighted by molar-refractivity contribution is 0.202. The molecule has 1 aliphatic carbocycles. The van der Waals surface area contributed by atoms with Gasteiger partial charge in [0, 0.05) is 17.6 Å². The molecule has 1 aliphatic rings. The molecule has 3 rings (SSSR count). The summed E-state index contributed by atoms with van der Waals surface area (Å²) in [7, 11) is 1.67. The van der Waals surface area contributed by atoms with Crippen LogP contribution in [0.2, 0.25) is 0 Å². The molecule has 0 radical (unpaired) electrons. The van der Waals surface area contributed by atoms with Crippen LogP contribution in [-0.4, -0.2) is 24.7 Å². The van der Waals surface area contributed by atoms with E-state index in [1.54, 1.807) is 13.3 Å². The quantitative estimate of drug-likeness (QED) is 0.938. The second-order valence-corrected chi connectivity index (χ2v) is 5.78. The van der Waals surface area contributed by atoms with E-state index in [0.717, 1.165) is 54.7 Å². The van der Waals surface area contributed by atoms with E-state index in [-0.39, 0.29) is 0 Å². The number of benzene rings is 1.